The van der Waals surface area contributed by atoms with E-state index in [9.17, 15) is 4.79 Å². The second-order valence-electron chi connectivity index (χ2n) is 5.31. The molecule has 1 atom stereocenters. The van der Waals surface area contributed by atoms with Gasteiger partial charge in [0.25, 0.3) is 0 Å². The van der Waals surface area contributed by atoms with E-state index in [1.54, 1.807) is 0 Å². The quantitative estimate of drug-likeness (QED) is 0.551. The Morgan fingerprint density at radius 2 is 1.94 bits per heavy atom. The number of amides is 1. The van der Waals surface area contributed by atoms with Crippen molar-refractivity contribution in [3.63, 3.8) is 0 Å². The molecule has 0 aromatic rings. The van der Waals surface area contributed by atoms with Gasteiger partial charge in [0.15, 0.2) is 0 Å². The predicted molar refractivity (Wildman–Crippen MR) is 65.4 cm³/mol. The van der Waals surface area contributed by atoms with Crippen molar-refractivity contribution in [3.05, 3.63) is 0 Å². The van der Waals surface area contributed by atoms with Crippen molar-refractivity contribution in [2.45, 2.75) is 52.1 Å². The summed E-state index contributed by atoms with van der Waals surface area (Å²) in [6, 6.07) is 0. The third-order valence-electron chi connectivity index (χ3n) is 2.31. The van der Waals surface area contributed by atoms with Crippen molar-refractivity contribution in [1.29, 1.82) is 0 Å². The van der Waals surface area contributed by atoms with Crippen LogP contribution in [0.3, 0.4) is 0 Å². The monoisotopic (exact) mass is 244 g/mol. The van der Waals surface area contributed by atoms with Gasteiger partial charge in [-0.1, -0.05) is 12.8 Å². The standard InChI is InChI=1S/C12H24N2O3/c1-12(2,3)17-11(15)13-8-6-4-5-7-9-14-10-16-14/h4-10H2,1-3H3,(H,13,15). The molecule has 1 amide bonds. The molecule has 17 heavy (non-hydrogen) atoms. The Morgan fingerprint density at radius 1 is 1.29 bits per heavy atom. The molecule has 5 nitrogen and oxygen atoms in total. The molecule has 1 rings (SSSR count). The molecule has 100 valence electrons. The lowest BCUT2D eigenvalue weighted by molar-refractivity contribution is 0.0527. The number of nitrogens with zero attached hydrogens (tertiary/aromatic N) is 1. The van der Waals surface area contributed by atoms with Crippen LogP contribution in [0.1, 0.15) is 46.5 Å². The second-order valence-corrected chi connectivity index (χ2v) is 5.31. The molecule has 1 unspecified atom stereocenters. The van der Waals surface area contributed by atoms with Crippen LogP contribution in [0.25, 0.3) is 0 Å². The molecule has 5 heteroatoms. The number of hydroxylamine groups is 2. The van der Waals surface area contributed by atoms with Crippen molar-refractivity contribution in [1.82, 2.24) is 10.4 Å². The van der Waals surface area contributed by atoms with Crippen molar-refractivity contribution >= 4 is 6.09 Å². The van der Waals surface area contributed by atoms with E-state index in [0.29, 0.717) is 6.54 Å². The Morgan fingerprint density at radius 3 is 2.53 bits per heavy atom. The zero-order valence-corrected chi connectivity index (χ0v) is 11.1. The van der Waals surface area contributed by atoms with Crippen LogP contribution in [0, 0.1) is 0 Å². The van der Waals surface area contributed by atoms with E-state index in [0.717, 1.165) is 32.5 Å². The number of ether oxygens (including phenoxy) is 1. The zero-order chi connectivity index (χ0) is 12.7. The van der Waals surface area contributed by atoms with Gasteiger partial charge in [-0.15, -0.1) is 0 Å². The normalized spacial score (nSPS) is 18.9. The van der Waals surface area contributed by atoms with Crippen molar-refractivity contribution in [2.24, 2.45) is 0 Å². The zero-order valence-electron chi connectivity index (χ0n) is 11.1. The molecule has 0 aliphatic carbocycles. The summed E-state index contributed by atoms with van der Waals surface area (Å²) in [5, 5.41) is 4.70. The van der Waals surface area contributed by atoms with Gasteiger partial charge in [-0.3, -0.25) is 4.84 Å². The van der Waals surface area contributed by atoms with Gasteiger partial charge in [-0.05, 0) is 33.6 Å². The lowest BCUT2D eigenvalue weighted by atomic mass is 10.2. The van der Waals surface area contributed by atoms with Crippen LogP contribution >= 0.6 is 0 Å². The third kappa shape index (κ3) is 8.94. The number of alkyl carbamates (subject to hydrolysis) is 1. The summed E-state index contributed by atoms with van der Waals surface area (Å²) in [5.74, 6) is 0. The SMILES string of the molecule is CC(C)(C)OC(=O)NCCCCCCN1CO1. The van der Waals surface area contributed by atoms with Crippen LogP contribution in [-0.2, 0) is 9.57 Å². The minimum Gasteiger partial charge on any atom is -0.444 e. The molecule has 0 saturated carbocycles. The molecule has 0 spiro atoms. The van der Waals surface area contributed by atoms with E-state index in [1.807, 2.05) is 25.8 Å². The van der Waals surface area contributed by atoms with E-state index < -0.39 is 5.60 Å². The maximum absolute atomic E-state index is 11.3. The molecule has 1 aliphatic heterocycles. The van der Waals surface area contributed by atoms with Crippen LogP contribution in [-0.4, -0.2) is 36.6 Å². The number of nitrogens with one attached hydrogen (secondary N) is 1. The van der Waals surface area contributed by atoms with Gasteiger partial charge >= 0.3 is 6.09 Å². The fourth-order valence-corrected chi connectivity index (χ4v) is 1.44. The van der Waals surface area contributed by atoms with Gasteiger partial charge in [0.1, 0.15) is 12.3 Å². The first kappa shape index (κ1) is 14.3. The second kappa shape index (κ2) is 6.81. The number of carbonyl (C=O) groups excluding carboxylic acids is 1. The van der Waals surface area contributed by atoms with Crippen LogP contribution in [0.5, 0.6) is 0 Å². The Bertz CT molecular complexity index is 234. The Hall–Kier alpha value is -0.810. The van der Waals surface area contributed by atoms with E-state index in [1.165, 1.54) is 6.42 Å². The number of rotatable bonds is 7. The lowest BCUT2D eigenvalue weighted by Crippen LogP contribution is -2.32. The molecule has 1 heterocycles. The van der Waals surface area contributed by atoms with Crippen molar-refractivity contribution in [3.8, 4) is 0 Å². The van der Waals surface area contributed by atoms with Crippen LogP contribution in [0.15, 0.2) is 0 Å². The molecular weight excluding hydrogens is 220 g/mol. The van der Waals surface area contributed by atoms with Crippen LogP contribution in [0.4, 0.5) is 4.79 Å². The van der Waals surface area contributed by atoms with E-state index in [-0.39, 0.29) is 6.09 Å². The number of hydrogen-bond donors (Lipinski definition) is 1. The molecule has 0 bridgehead atoms. The molecule has 1 N–H and O–H groups in total. The number of carbonyl (C=O) groups is 1. The topological polar surface area (TPSA) is 53.9 Å². The smallest absolute Gasteiger partial charge is 0.407 e. The Balaban J connectivity index is 1.84. The van der Waals surface area contributed by atoms with Gasteiger partial charge in [0, 0.05) is 13.1 Å². The van der Waals surface area contributed by atoms with Gasteiger partial charge in [-0.2, -0.15) is 5.06 Å². The Labute approximate surface area is 103 Å². The molecule has 1 fully saturated rings. The maximum atomic E-state index is 11.3. The highest BCUT2D eigenvalue weighted by atomic mass is 16.8. The summed E-state index contributed by atoms with van der Waals surface area (Å²) in [5.41, 5.74) is -0.414. The summed E-state index contributed by atoms with van der Waals surface area (Å²) < 4.78 is 5.13. The summed E-state index contributed by atoms with van der Waals surface area (Å²) >= 11 is 0. The van der Waals surface area contributed by atoms with Crippen LogP contribution < -0.4 is 5.32 Å². The summed E-state index contributed by atoms with van der Waals surface area (Å²) in [7, 11) is 0. The van der Waals surface area contributed by atoms with E-state index >= 15 is 0 Å². The highest BCUT2D eigenvalue weighted by Crippen LogP contribution is 2.09. The predicted octanol–water partition coefficient (Wildman–Crippen LogP) is 2.28. The van der Waals surface area contributed by atoms with Gasteiger partial charge in [0.2, 0.25) is 0 Å². The Kier molecular flexibility index (Phi) is 5.71. The fraction of sp³-hybridized carbons (Fsp3) is 0.917. The average Bonchev–Trinajstić information content (AvgIpc) is 2.97. The summed E-state index contributed by atoms with van der Waals surface area (Å²) in [6.45, 7) is 8.10. The summed E-state index contributed by atoms with van der Waals surface area (Å²) in [6.07, 6.45) is 4.14. The first-order chi connectivity index (χ1) is 7.97. The van der Waals surface area contributed by atoms with E-state index in [4.69, 9.17) is 9.57 Å². The molecule has 0 aromatic carbocycles. The van der Waals surface area contributed by atoms with Gasteiger partial charge in [0.05, 0.1) is 0 Å². The van der Waals surface area contributed by atoms with Crippen molar-refractivity contribution in [2.75, 3.05) is 19.8 Å². The maximum Gasteiger partial charge on any atom is 0.407 e. The lowest BCUT2D eigenvalue weighted by Gasteiger charge is -2.19. The fourth-order valence-electron chi connectivity index (χ4n) is 1.44. The number of hydrogen-bond acceptors (Lipinski definition) is 4. The average molecular weight is 244 g/mol. The minimum atomic E-state index is -0.414. The van der Waals surface area contributed by atoms with Crippen molar-refractivity contribution < 1.29 is 14.4 Å². The van der Waals surface area contributed by atoms with E-state index in [2.05, 4.69) is 5.32 Å². The molecule has 0 radical (unpaired) electrons. The van der Waals surface area contributed by atoms with Gasteiger partial charge in [-0.25, -0.2) is 4.79 Å². The largest absolute Gasteiger partial charge is 0.444 e. The highest BCUT2D eigenvalue weighted by molar-refractivity contribution is 5.67. The first-order valence-corrected chi connectivity index (χ1v) is 6.32. The molecular formula is C12H24N2O3. The molecule has 1 aliphatic rings. The number of unbranched alkanes of at least 4 members (excludes halogenated alkanes) is 3. The first-order valence-electron chi connectivity index (χ1n) is 6.32. The minimum absolute atomic E-state index is 0.324. The van der Waals surface area contributed by atoms with Crippen LogP contribution in [0.2, 0.25) is 0 Å². The third-order valence-corrected chi connectivity index (χ3v) is 2.31. The summed E-state index contributed by atoms with van der Waals surface area (Å²) in [4.78, 5) is 16.3. The molecule has 1 saturated heterocycles. The highest BCUT2D eigenvalue weighted by Gasteiger charge is 2.17. The molecule has 0 aromatic heterocycles. The van der Waals surface area contributed by atoms with Gasteiger partial charge < -0.3 is 10.1 Å².